The number of anilines is 1. The van der Waals surface area contributed by atoms with Gasteiger partial charge in [-0.15, -0.1) is 0 Å². The van der Waals surface area contributed by atoms with Crippen molar-refractivity contribution < 1.29 is 14.3 Å². The molecule has 1 saturated heterocycles. The summed E-state index contributed by atoms with van der Waals surface area (Å²) in [7, 11) is 0. The molecule has 6 heteroatoms. The number of aryl methyl sites for hydroxylation is 1. The number of rotatable bonds is 3. The maximum Gasteiger partial charge on any atom is 0.363 e. The van der Waals surface area contributed by atoms with Crippen LogP contribution in [0.1, 0.15) is 16.7 Å². The molecule has 6 nitrogen and oxygen atoms in total. The van der Waals surface area contributed by atoms with E-state index < -0.39 is 5.97 Å². The van der Waals surface area contributed by atoms with Gasteiger partial charge in [0.15, 0.2) is 5.70 Å². The Morgan fingerprint density at radius 3 is 2.63 bits per heavy atom. The first-order valence-corrected chi connectivity index (χ1v) is 9.99. The van der Waals surface area contributed by atoms with Crippen LogP contribution in [-0.4, -0.2) is 43.2 Å². The number of benzene rings is 2. The number of morpholine rings is 1. The number of nitrogens with zero attached hydrogens (tertiary/aromatic N) is 3. The number of esters is 1. The number of aliphatic imine (C=N–C) groups is 1. The van der Waals surface area contributed by atoms with Crippen molar-refractivity contribution in [1.29, 1.82) is 0 Å². The third-order valence-electron chi connectivity index (χ3n) is 5.22. The number of carbonyl (C=O) groups is 1. The number of fused-ring (bicyclic) bond motifs is 1. The zero-order valence-electron chi connectivity index (χ0n) is 16.7. The second kappa shape index (κ2) is 7.72. The quantitative estimate of drug-likeness (QED) is 0.496. The molecule has 2 aromatic carbocycles. The van der Waals surface area contributed by atoms with Crippen molar-refractivity contribution >= 4 is 34.7 Å². The molecule has 0 atom stereocenters. The molecule has 1 fully saturated rings. The fourth-order valence-electron chi connectivity index (χ4n) is 3.70. The van der Waals surface area contributed by atoms with Gasteiger partial charge in [0.25, 0.3) is 0 Å². The van der Waals surface area contributed by atoms with E-state index in [-0.39, 0.29) is 5.70 Å². The summed E-state index contributed by atoms with van der Waals surface area (Å²) in [4.78, 5) is 24.1. The fraction of sp³-hybridized carbons (Fsp3) is 0.208. The van der Waals surface area contributed by atoms with E-state index in [0.29, 0.717) is 19.1 Å². The maximum atomic E-state index is 12.5. The van der Waals surface area contributed by atoms with Crippen LogP contribution in [0.15, 0.2) is 65.3 Å². The van der Waals surface area contributed by atoms with E-state index in [9.17, 15) is 4.79 Å². The molecule has 0 N–H and O–H groups in total. The van der Waals surface area contributed by atoms with E-state index in [2.05, 4.69) is 35.0 Å². The summed E-state index contributed by atoms with van der Waals surface area (Å²) in [6.07, 6.45) is 1.78. The first-order valence-electron chi connectivity index (χ1n) is 9.99. The topological polar surface area (TPSA) is 64.0 Å². The lowest BCUT2D eigenvalue weighted by molar-refractivity contribution is -0.129. The Bertz CT molecular complexity index is 1180. The summed E-state index contributed by atoms with van der Waals surface area (Å²) in [6.45, 7) is 4.87. The van der Waals surface area contributed by atoms with Crippen LogP contribution in [0.25, 0.3) is 17.0 Å². The van der Waals surface area contributed by atoms with E-state index in [1.807, 2.05) is 36.4 Å². The molecule has 0 amide bonds. The molecule has 0 bridgehead atoms. The minimum Gasteiger partial charge on any atom is -0.402 e. The second-order valence-electron chi connectivity index (χ2n) is 7.40. The lowest BCUT2D eigenvalue weighted by atomic mass is 10.1. The lowest BCUT2D eigenvalue weighted by Gasteiger charge is -2.29. The second-order valence-corrected chi connectivity index (χ2v) is 7.40. The van der Waals surface area contributed by atoms with Crippen LogP contribution in [0.2, 0.25) is 0 Å². The predicted molar refractivity (Wildman–Crippen MR) is 117 cm³/mol. The van der Waals surface area contributed by atoms with E-state index in [0.717, 1.165) is 46.5 Å². The molecular formula is C24H21N3O3. The highest BCUT2D eigenvalue weighted by molar-refractivity contribution is 6.13. The van der Waals surface area contributed by atoms with Gasteiger partial charge in [0.1, 0.15) is 5.82 Å². The van der Waals surface area contributed by atoms with E-state index in [4.69, 9.17) is 14.5 Å². The molecule has 0 aliphatic carbocycles. The highest BCUT2D eigenvalue weighted by Gasteiger charge is 2.25. The number of aromatic nitrogens is 1. The van der Waals surface area contributed by atoms with Crippen molar-refractivity contribution in [3.63, 3.8) is 0 Å². The molecule has 3 heterocycles. The minimum absolute atomic E-state index is 0.275. The molecule has 1 aromatic heterocycles. The molecule has 2 aliphatic rings. The van der Waals surface area contributed by atoms with Crippen LogP contribution < -0.4 is 4.90 Å². The van der Waals surface area contributed by atoms with Gasteiger partial charge in [-0.2, -0.15) is 0 Å². The molecular weight excluding hydrogens is 378 g/mol. The zero-order valence-corrected chi connectivity index (χ0v) is 16.7. The predicted octanol–water partition coefficient (Wildman–Crippen LogP) is 3.72. The lowest BCUT2D eigenvalue weighted by Crippen LogP contribution is -2.37. The van der Waals surface area contributed by atoms with E-state index in [1.165, 1.54) is 0 Å². The van der Waals surface area contributed by atoms with Crippen LogP contribution in [0.5, 0.6) is 0 Å². The van der Waals surface area contributed by atoms with Crippen molar-refractivity contribution in [2.45, 2.75) is 6.92 Å². The van der Waals surface area contributed by atoms with Crippen molar-refractivity contribution in [3.8, 4) is 0 Å². The Morgan fingerprint density at radius 2 is 1.83 bits per heavy atom. The number of cyclic esters (lactones) is 1. The first-order chi connectivity index (χ1) is 14.7. The third kappa shape index (κ3) is 3.57. The molecule has 2 aliphatic heterocycles. The van der Waals surface area contributed by atoms with Crippen LogP contribution in [0, 0.1) is 6.92 Å². The van der Waals surface area contributed by atoms with Gasteiger partial charge < -0.3 is 14.4 Å². The summed E-state index contributed by atoms with van der Waals surface area (Å²) in [5.41, 5.74) is 3.98. The van der Waals surface area contributed by atoms with E-state index >= 15 is 0 Å². The van der Waals surface area contributed by atoms with Crippen molar-refractivity contribution in [2.24, 2.45) is 4.99 Å². The summed E-state index contributed by atoms with van der Waals surface area (Å²) in [5, 5.41) is 1.03. The third-order valence-corrected chi connectivity index (χ3v) is 5.22. The number of pyridine rings is 1. The Morgan fingerprint density at radius 1 is 1.03 bits per heavy atom. The molecule has 0 unspecified atom stereocenters. The van der Waals surface area contributed by atoms with Crippen molar-refractivity contribution in [2.75, 3.05) is 31.2 Å². The average molecular weight is 399 g/mol. The first kappa shape index (κ1) is 18.5. The van der Waals surface area contributed by atoms with Gasteiger partial charge in [-0.3, -0.25) is 0 Å². The molecule has 30 heavy (non-hydrogen) atoms. The SMILES string of the molecule is Cc1ccc2nc(N3CCOCC3)c(/C=C3\N=C(c4ccccc4)OC3=O)cc2c1. The molecule has 0 saturated carbocycles. The van der Waals surface area contributed by atoms with Crippen LogP contribution in [0.3, 0.4) is 0 Å². The summed E-state index contributed by atoms with van der Waals surface area (Å²) in [5.74, 6) is 0.703. The van der Waals surface area contributed by atoms with Crippen LogP contribution >= 0.6 is 0 Å². The number of ether oxygens (including phenoxy) is 2. The van der Waals surface area contributed by atoms with Crippen molar-refractivity contribution in [1.82, 2.24) is 4.98 Å². The maximum absolute atomic E-state index is 12.5. The van der Waals surface area contributed by atoms with Gasteiger partial charge in [0.2, 0.25) is 5.90 Å². The summed E-state index contributed by atoms with van der Waals surface area (Å²) in [6, 6.07) is 17.7. The molecule has 0 radical (unpaired) electrons. The summed E-state index contributed by atoms with van der Waals surface area (Å²) < 4.78 is 10.9. The highest BCUT2D eigenvalue weighted by atomic mass is 16.6. The molecule has 150 valence electrons. The molecule has 3 aromatic rings. The van der Waals surface area contributed by atoms with Gasteiger partial charge in [-0.1, -0.05) is 29.8 Å². The highest BCUT2D eigenvalue weighted by Crippen LogP contribution is 2.29. The Labute approximate surface area is 174 Å². The number of carbonyl (C=O) groups excluding carboxylic acids is 1. The molecule has 0 spiro atoms. The standard InChI is InChI=1S/C24H21N3O3/c1-16-7-8-20-18(13-16)14-19(22(25-20)27-9-11-29-12-10-27)15-21-24(28)30-23(26-21)17-5-3-2-4-6-17/h2-8,13-15H,9-12H2,1H3/b21-15-. The molecule has 5 rings (SSSR count). The monoisotopic (exact) mass is 399 g/mol. The Hall–Kier alpha value is -3.51. The van der Waals surface area contributed by atoms with Gasteiger partial charge in [0.05, 0.1) is 18.7 Å². The zero-order chi connectivity index (χ0) is 20.5. The fourth-order valence-corrected chi connectivity index (χ4v) is 3.70. The summed E-state index contributed by atoms with van der Waals surface area (Å²) >= 11 is 0. The normalized spacial score (nSPS) is 18.0. The van der Waals surface area contributed by atoms with Gasteiger partial charge in [-0.25, -0.2) is 14.8 Å². The smallest absolute Gasteiger partial charge is 0.363 e. The minimum atomic E-state index is -0.453. The van der Waals surface area contributed by atoms with Gasteiger partial charge in [-0.05, 0) is 43.3 Å². The average Bonchev–Trinajstić information content (AvgIpc) is 3.15. The van der Waals surface area contributed by atoms with Crippen LogP contribution in [-0.2, 0) is 14.3 Å². The van der Waals surface area contributed by atoms with Crippen molar-refractivity contribution in [3.05, 3.63) is 77.0 Å². The number of hydrogen-bond donors (Lipinski definition) is 0. The van der Waals surface area contributed by atoms with Gasteiger partial charge in [0, 0.05) is 29.6 Å². The largest absolute Gasteiger partial charge is 0.402 e. The van der Waals surface area contributed by atoms with E-state index in [1.54, 1.807) is 6.08 Å². The Kier molecular flexibility index (Phi) is 4.77. The Balaban J connectivity index is 1.61. The number of hydrogen-bond acceptors (Lipinski definition) is 6. The van der Waals surface area contributed by atoms with Crippen LogP contribution in [0.4, 0.5) is 5.82 Å². The van der Waals surface area contributed by atoms with Gasteiger partial charge >= 0.3 is 5.97 Å².